The Hall–Kier alpha value is -2.21. The van der Waals surface area contributed by atoms with Crippen molar-refractivity contribution in [3.63, 3.8) is 0 Å². The lowest BCUT2D eigenvalue weighted by molar-refractivity contribution is 0.137. The van der Waals surface area contributed by atoms with Crippen LogP contribution < -0.4 is 0 Å². The van der Waals surface area contributed by atoms with Gasteiger partial charge in [-0.2, -0.15) is 0 Å². The quantitative estimate of drug-likeness (QED) is 0.700. The first-order chi connectivity index (χ1) is 13.3. The van der Waals surface area contributed by atoms with Gasteiger partial charge in [-0.15, -0.1) is 10.2 Å². The van der Waals surface area contributed by atoms with Crippen molar-refractivity contribution in [1.82, 2.24) is 24.6 Å². The molecule has 6 nitrogen and oxygen atoms in total. The Morgan fingerprint density at radius 1 is 1.07 bits per heavy atom. The maximum atomic E-state index is 6.03. The number of hydrogen-bond acceptors (Lipinski definition) is 5. The van der Waals surface area contributed by atoms with Gasteiger partial charge in [-0.05, 0) is 51.3 Å². The maximum absolute atomic E-state index is 6.03. The molecule has 0 spiro atoms. The van der Waals surface area contributed by atoms with Crippen LogP contribution in [0.2, 0.25) is 0 Å². The molecular formula is C21H27N5O. The number of aryl methyl sites for hydroxylation is 1. The Labute approximate surface area is 159 Å². The fraction of sp³-hybridized carbons (Fsp3) is 0.571. The zero-order chi connectivity index (χ0) is 18.2. The number of nitrogens with zero attached hydrogens (tertiary/aromatic N) is 5. The predicted octanol–water partition coefficient (Wildman–Crippen LogP) is 4.09. The molecule has 3 aromatic rings. The van der Waals surface area contributed by atoms with Crippen LogP contribution in [-0.2, 0) is 13.0 Å². The summed E-state index contributed by atoms with van der Waals surface area (Å²) < 4.78 is 8.44. The highest BCUT2D eigenvalue weighted by Crippen LogP contribution is 2.33. The van der Waals surface area contributed by atoms with E-state index in [2.05, 4.69) is 26.6 Å². The average Bonchev–Trinajstić information content (AvgIpc) is 3.25. The molecule has 0 amide bonds. The van der Waals surface area contributed by atoms with Crippen LogP contribution in [0.4, 0.5) is 0 Å². The lowest BCUT2D eigenvalue weighted by atomic mass is 9.96. The van der Waals surface area contributed by atoms with E-state index in [9.17, 15) is 0 Å². The first-order valence-electron chi connectivity index (χ1n) is 10.3. The first kappa shape index (κ1) is 16.9. The smallest absolute Gasteiger partial charge is 0.212 e. The van der Waals surface area contributed by atoms with Gasteiger partial charge < -0.3 is 8.98 Å². The van der Waals surface area contributed by atoms with E-state index in [0.29, 0.717) is 5.92 Å². The van der Waals surface area contributed by atoms with E-state index in [1.54, 1.807) is 0 Å². The molecule has 2 aliphatic rings. The second kappa shape index (κ2) is 7.08. The molecule has 1 fully saturated rings. The van der Waals surface area contributed by atoms with E-state index < -0.39 is 0 Å². The molecule has 2 unspecified atom stereocenters. The number of hydrogen-bond donors (Lipinski definition) is 0. The second-order valence-corrected chi connectivity index (χ2v) is 7.97. The van der Waals surface area contributed by atoms with Crippen LogP contribution >= 0.6 is 0 Å². The van der Waals surface area contributed by atoms with Gasteiger partial charge in [0.2, 0.25) is 5.89 Å². The second-order valence-electron chi connectivity index (χ2n) is 7.97. The Kier molecular flexibility index (Phi) is 4.44. The molecule has 2 aromatic heterocycles. The zero-order valence-corrected chi connectivity index (χ0v) is 16.0. The summed E-state index contributed by atoms with van der Waals surface area (Å²) >= 11 is 0. The minimum absolute atomic E-state index is 0.173. The zero-order valence-electron chi connectivity index (χ0n) is 16.0. The molecule has 142 valence electrons. The minimum Gasteiger partial charge on any atom is -0.439 e. The number of fused-ring (bicyclic) bond motifs is 2. The van der Waals surface area contributed by atoms with Crippen LogP contribution in [-0.4, -0.2) is 37.7 Å². The number of likely N-dealkylation sites (tertiary alicyclic amines) is 1. The van der Waals surface area contributed by atoms with Crippen LogP contribution in [0.3, 0.4) is 0 Å². The molecule has 0 N–H and O–H groups in total. The fourth-order valence-electron chi connectivity index (χ4n) is 4.60. The topological polar surface area (TPSA) is 60.0 Å². The van der Waals surface area contributed by atoms with Crippen LogP contribution in [0.1, 0.15) is 68.5 Å². The molecule has 4 heterocycles. The molecular weight excluding hydrogens is 338 g/mol. The molecule has 0 aliphatic carbocycles. The summed E-state index contributed by atoms with van der Waals surface area (Å²) in [5, 5.41) is 9.12. The van der Waals surface area contributed by atoms with Gasteiger partial charge in [-0.1, -0.05) is 18.6 Å². The number of benzene rings is 1. The van der Waals surface area contributed by atoms with Crippen LogP contribution in [0.5, 0.6) is 0 Å². The van der Waals surface area contributed by atoms with Gasteiger partial charge in [0.1, 0.15) is 17.2 Å². The van der Waals surface area contributed by atoms with Crippen molar-refractivity contribution in [2.75, 3.05) is 13.1 Å². The van der Waals surface area contributed by atoms with E-state index in [-0.39, 0.29) is 6.04 Å². The van der Waals surface area contributed by atoms with Gasteiger partial charge >= 0.3 is 0 Å². The summed E-state index contributed by atoms with van der Waals surface area (Å²) in [6.45, 7) is 5.36. The summed E-state index contributed by atoms with van der Waals surface area (Å²) in [4.78, 5) is 7.21. The summed E-state index contributed by atoms with van der Waals surface area (Å²) in [7, 11) is 0. The molecule has 2 atom stereocenters. The number of rotatable bonds is 3. The van der Waals surface area contributed by atoms with Gasteiger partial charge in [0.25, 0.3) is 0 Å². The standard InChI is InChI=1S/C21H27N5O/c1-15(21-22-17-9-4-5-10-18(17)27-21)25-12-7-8-16(14-25)20-24-23-19-11-3-2-6-13-26(19)20/h4-5,9-10,15-16H,2-3,6-8,11-14H2,1H3. The van der Waals surface area contributed by atoms with Crippen molar-refractivity contribution in [2.24, 2.45) is 0 Å². The molecule has 6 heteroatoms. The third-order valence-corrected chi connectivity index (χ3v) is 6.17. The SMILES string of the molecule is CC(c1nc2ccccc2o1)N1CCCC(c2nnc3n2CCCCC3)C1. The van der Waals surface area contributed by atoms with Crippen LogP contribution in [0.25, 0.3) is 11.1 Å². The molecule has 0 radical (unpaired) electrons. The Morgan fingerprint density at radius 3 is 2.93 bits per heavy atom. The molecule has 1 saturated heterocycles. The largest absolute Gasteiger partial charge is 0.439 e. The summed E-state index contributed by atoms with van der Waals surface area (Å²) in [6.07, 6.45) is 7.22. The Morgan fingerprint density at radius 2 is 2.00 bits per heavy atom. The van der Waals surface area contributed by atoms with Crippen molar-refractivity contribution in [3.05, 3.63) is 41.8 Å². The average molecular weight is 365 g/mol. The molecule has 0 saturated carbocycles. The van der Waals surface area contributed by atoms with Gasteiger partial charge in [0.15, 0.2) is 5.58 Å². The van der Waals surface area contributed by atoms with Gasteiger partial charge in [-0.3, -0.25) is 4.90 Å². The Bertz CT molecular complexity index is 897. The lowest BCUT2D eigenvalue weighted by Gasteiger charge is -2.35. The van der Waals surface area contributed by atoms with Crippen molar-refractivity contribution in [1.29, 1.82) is 0 Å². The highest BCUT2D eigenvalue weighted by atomic mass is 16.3. The van der Waals surface area contributed by atoms with E-state index in [4.69, 9.17) is 9.40 Å². The number of oxazole rings is 1. The third kappa shape index (κ3) is 3.16. The minimum atomic E-state index is 0.173. The van der Waals surface area contributed by atoms with E-state index >= 15 is 0 Å². The molecule has 5 rings (SSSR count). The van der Waals surface area contributed by atoms with Crippen molar-refractivity contribution in [3.8, 4) is 0 Å². The lowest BCUT2D eigenvalue weighted by Crippen LogP contribution is -2.37. The summed E-state index contributed by atoms with van der Waals surface area (Å²) in [5.41, 5.74) is 1.81. The summed E-state index contributed by atoms with van der Waals surface area (Å²) in [6, 6.07) is 8.18. The third-order valence-electron chi connectivity index (χ3n) is 6.17. The highest BCUT2D eigenvalue weighted by Gasteiger charge is 2.31. The number of piperidine rings is 1. The van der Waals surface area contributed by atoms with Crippen molar-refractivity contribution in [2.45, 2.75) is 64.0 Å². The van der Waals surface area contributed by atoms with Gasteiger partial charge in [-0.25, -0.2) is 4.98 Å². The van der Waals surface area contributed by atoms with Crippen LogP contribution in [0.15, 0.2) is 28.7 Å². The monoisotopic (exact) mass is 365 g/mol. The summed E-state index contributed by atoms with van der Waals surface area (Å²) in [5.74, 6) is 3.65. The van der Waals surface area contributed by atoms with E-state index in [0.717, 1.165) is 43.0 Å². The maximum Gasteiger partial charge on any atom is 0.212 e. The highest BCUT2D eigenvalue weighted by molar-refractivity contribution is 5.72. The molecule has 27 heavy (non-hydrogen) atoms. The molecule has 1 aromatic carbocycles. The Balaban J connectivity index is 1.37. The normalized spacial score (nSPS) is 22.5. The van der Waals surface area contributed by atoms with Gasteiger partial charge in [0, 0.05) is 25.4 Å². The van der Waals surface area contributed by atoms with Crippen LogP contribution in [0, 0.1) is 0 Å². The fourth-order valence-corrected chi connectivity index (χ4v) is 4.60. The predicted molar refractivity (Wildman–Crippen MR) is 104 cm³/mol. The molecule has 2 aliphatic heterocycles. The molecule has 0 bridgehead atoms. The number of aromatic nitrogens is 4. The van der Waals surface area contributed by atoms with E-state index in [1.807, 2.05) is 24.3 Å². The van der Waals surface area contributed by atoms with E-state index in [1.165, 1.54) is 43.8 Å². The van der Waals surface area contributed by atoms with Crippen molar-refractivity contribution < 1.29 is 4.42 Å². The van der Waals surface area contributed by atoms with Gasteiger partial charge in [0.05, 0.1) is 6.04 Å². The first-order valence-corrected chi connectivity index (χ1v) is 10.3. The number of para-hydroxylation sites is 2. The van der Waals surface area contributed by atoms with Crippen molar-refractivity contribution >= 4 is 11.1 Å².